The molecule has 63 heavy (non-hydrogen) atoms. The van der Waals surface area contributed by atoms with E-state index in [4.69, 9.17) is 24.8 Å². The van der Waals surface area contributed by atoms with Gasteiger partial charge in [-0.2, -0.15) is 0 Å². The van der Waals surface area contributed by atoms with Gasteiger partial charge >= 0.3 is 25.7 Å². The van der Waals surface area contributed by atoms with E-state index in [1.165, 1.54) is 128 Å². The highest BCUT2D eigenvalue weighted by molar-refractivity contribution is 7.47. The van der Waals surface area contributed by atoms with Gasteiger partial charge in [0.1, 0.15) is 12.6 Å². The predicted octanol–water partition coefficient (Wildman–Crippen LogP) is 14.1. The van der Waals surface area contributed by atoms with E-state index in [9.17, 15) is 23.8 Å². The van der Waals surface area contributed by atoms with Crippen molar-refractivity contribution in [1.29, 1.82) is 0 Å². The van der Waals surface area contributed by atoms with Gasteiger partial charge < -0.3 is 25.2 Å². The number of esters is 2. The molecule has 0 fully saturated rings. The minimum absolute atomic E-state index is 0.156. The van der Waals surface area contributed by atoms with Crippen molar-refractivity contribution in [3.05, 3.63) is 48.6 Å². The number of ether oxygens (including phenoxy) is 2. The van der Waals surface area contributed by atoms with Crippen LogP contribution in [0.15, 0.2) is 48.6 Å². The summed E-state index contributed by atoms with van der Waals surface area (Å²) in [6.45, 7) is 2.78. The van der Waals surface area contributed by atoms with Crippen molar-refractivity contribution >= 4 is 25.7 Å². The molecule has 3 atom stereocenters. The number of carbonyl (C=O) groups excluding carboxylic acids is 2. The molecule has 1 unspecified atom stereocenters. The monoisotopic (exact) mass is 910 g/mol. The zero-order chi connectivity index (χ0) is 46.3. The standard InChI is InChI=1S/C51H92NO10P/c1-3-5-7-9-11-13-15-17-19-21-23-25-27-29-31-33-35-37-39-41-43-50(54)62-47(45-60-63(57,58)61-46-48(52)51(55)56)44-59-49(53)42-40-38-36-34-32-30-28-26-24-22-20-18-16-14-12-10-8-6-4-2/h12,14,18,20,24,26,30,32,47-48H,3-11,13,15-17,19,21-23,25,27-29,31,33-46,52H2,1-2H3,(H,55,56)(H,57,58)/b14-12+,20-18+,26-24+,32-30+/t47-,48+/m1/s1. The van der Waals surface area contributed by atoms with E-state index in [-0.39, 0.29) is 19.4 Å². The summed E-state index contributed by atoms with van der Waals surface area (Å²) in [4.78, 5) is 46.1. The first-order valence-electron chi connectivity index (χ1n) is 25.2. The summed E-state index contributed by atoms with van der Waals surface area (Å²) in [5, 5.41) is 8.92. The number of phosphoric ester groups is 1. The molecular formula is C51H92NO10P. The van der Waals surface area contributed by atoms with Gasteiger partial charge in [-0.05, 0) is 57.8 Å². The Morgan fingerprint density at radius 2 is 0.841 bits per heavy atom. The molecule has 0 bridgehead atoms. The van der Waals surface area contributed by atoms with Crippen molar-refractivity contribution in [3.63, 3.8) is 0 Å². The van der Waals surface area contributed by atoms with Gasteiger partial charge in [0.25, 0.3) is 0 Å². The Morgan fingerprint density at radius 1 is 0.492 bits per heavy atom. The van der Waals surface area contributed by atoms with E-state index >= 15 is 0 Å². The zero-order valence-electron chi connectivity index (χ0n) is 39.9. The molecule has 0 amide bonds. The van der Waals surface area contributed by atoms with E-state index in [0.717, 1.165) is 57.8 Å². The fraction of sp³-hybridized carbons (Fsp3) is 0.784. The zero-order valence-corrected chi connectivity index (χ0v) is 40.8. The summed E-state index contributed by atoms with van der Waals surface area (Å²) < 4.78 is 32.8. The van der Waals surface area contributed by atoms with E-state index < -0.39 is 51.1 Å². The molecule has 11 nitrogen and oxygen atoms in total. The van der Waals surface area contributed by atoms with Crippen molar-refractivity contribution in [1.82, 2.24) is 0 Å². The van der Waals surface area contributed by atoms with Crippen LogP contribution in [0.2, 0.25) is 0 Å². The fourth-order valence-corrected chi connectivity index (χ4v) is 7.65. The van der Waals surface area contributed by atoms with Gasteiger partial charge in [0.05, 0.1) is 13.2 Å². The van der Waals surface area contributed by atoms with Crippen molar-refractivity contribution in [2.24, 2.45) is 5.73 Å². The van der Waals surface area contributed by atoms with E-state index in [1.807, 2.05) is 0 Å². The van der Waals surface area contributed by atoms with Crippen LogP contribution in [0.5, 0.6) is 0 Å². The molecule has 12 heteroatoms. The second-order valence-electron chi connectivity index (χ2n) is 17.0. The third-order valence-electron chi connectivity index (χ3n) is 10.8. The molecule has 0 aromatic heterocycles. The van der Waals surface area contributed by atoms with Gasteiger partial charge in [-0.15, -0.1) is 0 Å². The highest BCUT2D eigenvalue weighted by Gasteiger charge is 2.28. The quantitative estimate of drug-likeness (QED) is 0.0230. The number of aliphatic carboxylic acids is 1. The Balaban J connectivity index is 4.31. The molecule has 0 saturated heterocycles. The predicted molar refractivity (Wildman–Crippen MR) is 258 cm³/mol. The minimum Gasteiger partial charge on any atom is -0.480 e. The number of allylic oxidation sites excluding steroid dienone is 8. The Morgan fingerprint density at radius 3 is 1.29 bits per heavy atom. The van der Waals surface area contributed by atoms with E-state index in [2.05, 4.69) is 67.0 Å². The molecule has 0 aliphatic carbocycles. The number of carboxylic acid groups (broad SMARTS) is 1. The molecule has 0 aromatic carbocycles. The van der Waals surface area contributed by atoms with Crippen LogP contribution in [-0.2, 0) is 37.5 Å². The second kappa shape index (κ2) is 46.0. The van der Waals surface area contributed by atoms with Crippen LogP contribution in [0.3, 0.4) is 0 Å². The number of hydrogen-bond donors (Lipinski definition) is 3. The van der Waals surface area contributed by atoms with E-state index in [0.29, 0.717) is 12.8 Å². The lowest BCUT2D eigenvalue weighted by atomic mass is 10.0. The van der Waals surface area contributed by atoms with Crippen molar-refractivity contribution < 1.29 is 47.5 Å². The highest BCUT2D eigenvalue weighted by Crippen LogP contribution is 2.43. The molecule has 0 radical (unpaired) electrons. The van der Waals surface area contributed by atoms with Gasteiger partial charge in [-0.3, -0.25) is 23.4 Å². The second-order valence-corrected chi connectivity index (χ2v) is 18.4. The molecular weight excluding hydrogens is 818 g/mol. The van der Waals surface area contributed by atoms with Gasteiger partial charge in [-0.1, -0.05) is 204 Å². The number of rotatable bonds is 47. The Hall–Kier alpha value is -2.56. The topological polar surface area (TPSA) is 172 Å². The molecule has 0 aliphatic rings. The Kier molecular flexibility index (Phi) is 44.1. The van der Waals surface area contributed by atoms with Gasteiger partial charge in [0.15, 0.2) is 6.10 Å². The van der Waals surface area contributed by atoms with Crippen LogP contribution in [-0.4, -0.2) is 59.9 Å². The third kappa shape index (κ3) is 45.8. The third-order valence-corrected chi connectivity index (χ3v) is 11.8. The van der Waals surface area contributed by atoms with Crippen molar-refractivity contribution in [2.45, 2.75) is 238 Å². The van der Waals surface area contributed by atoms with Crippen LogP contribution >= 0.6 is 7.82 Å². The first-order valence-corrected chi connectivity index (χ1v) is 26.7. The summed E-state index contributed by atoms with van der Waals surface area (Å²) in [5.41, 5.74) is 5.35. The highest BCUT2D eigenvalue weighted by atomic mass is 31.2. The minimum atomic E-state index is -4.73. The smallest absolute Gasteiger partial charge is 0.472 e. The summed E-state index contributed by atoms with van der Waals surface area (Å²) in [6, 6.07) is -1.53. The average molecular weight is 910 g/mol. The van der Waals surface area contributed by atoms with Crippen LogP contribution in [0.1, 0.15) is 226 Å². The molecule has 0 aliphatic heterocycles. The molecule has 0 heterocycles. The lowest BCUT2D eigenvalue weighted by molar-refractivity contribution is -0.161. The number of hydrogen-bond acceptors (Lipinski definition) is 9. The lowest BCUT2D eigenvalue weighted by Crippen LogP contribution is -2.34. The lowest BCUT2D eigenvalue weighted by Gasteiger charge is -2.20. The number of carbonyl (C=O) groups is 3. The maximum atomic E-state index is 12.7. The van der Waals surface area contributed by atoms with Crippen molar-refractivity contribution in [3.8, 4) is 0 Å². The first-order chi connectivity index (χ1) is 30.6. The molecule has 366 valence electrons. The summed E-state index contributed by atoms with van der Waals surface area (Å²) in [7, 11) is -4.73. The average Bonchev–Trinajstić information content (AvgIpc) is 3.26. The maximum absolute atomic E-state index is 12.7. The molecule has 0 aromatic rings. The summed E-state index contributed by atoms with van der Waals surface area (Å²) in [5.74, 6) is -2.41. The Bertz CT molecular complexity index is 1250. The normalized spacial score (nSPS) is 14.0. The van der Waals surface area contributed by atoms with Crippen LogP contribution in [0.25, 0.3) is 0 Å². The summed E-state index contributed by atoms with van der Waals surface area (Å²) in [6.07, 6.45) is 53.1. The van der Waals surface area contributed by atoms with Crippen LogP contribution < -0.4 is 5.73 Å². The largest absolute Gasteiger partial charge is 0.480 e. The number of carboxylic acids is 1. The molecule has 0 spiro atoms. The number of unbranched alkanes of at least 4 members (excludes halogenated alkanes) is 25. The number of nitrogens with two attached hydrogens (primary N) is 1. The van der Waals surface area contributed by atoms with E-state index in [1.54, 1.807) is 0 Å². The maximum Gasteiger partial charge on any atom is 0.472 e. The molecule has 0 saturated carbocycles. The number of phosphoric acid groups is 1. The molecule has 0 rings (SSSR count). The van der Waals surface area contributed by atoms with Gasteiger partial charge in [-0.25, -0.2) is 4.57 Å². The van der Waals surface area contributed by atoms with Gasteiger partial charge in [0.2, 0.25) is 0 Å². The van der Waals surface area contributed by atoms with Gasteiger partial charge in [0, 0.05) is 12.8 Å². The molecule has 4 N–H and O–H groups in total. The van der Waals surface area contributed by atoms with Crippen LogP contribution in [0.4, 0.5) is 0 Å². The fourth-order valence-electron chi connectivity index (χ4n) is 6.87. The summed E-state index contributed by atoms with van der Waals surface area (Å²) >= 11 is 0. The first kappa shape index (κ1) is 60.4. The SMILES string of the molecule is CCCCC/C=C/C/C=C/C/C=C/C/C=C/CCCCCC(=O)OC[C@H](COP(=O)(O)OC[C@H](N)C(=O)O)OC(=O)CCCCCCCCCCCCCCCCCCCCCC. The van der Waals surface area contributed by atoms with Crippen LogP contribution in [0, 0.1) is 0 Å². The van der Waals surface area contributed by atoms with Crippen molar-refractivity contribution in [2.75, 3.05) is 19.8 Å². The Labute approximate surface area is 384 Å².